The number of carboxylic acids is 1. The third kappa shape index (κ3) is 4.08. The van der Waals surface area contributed by atoms with Crippen LogP contribution in [0.3, 0.4) is 0 Å². The number of nitrogens with one attached hydrogen (secondary N) is 1. The Bertz CT molecular complexity index is 576. The molecular weight excluding hydrogens is 272 g/mol. The first-order chi connectivity index (χ1) is 9.54. The van der Waals surface area contributed by atoms with Gasteiger partial charge < -0.3 is 15.3 Å². The summed E-state index contributed by atoms with van der Waals surface area (Å²) in [5.74, 6) is -0.875. The van der Waals surface area contributed by atoms with Crippen molar-refractivity contribution in [2.24, 2.45) is 0 Å². The van der Waals surface area contributed by atoms with Gasteiger partial charge in [0.25, 0.3) is 0 Å². The highest BCUT2D eigenvalue weighted by Crippen LogP contribution is 2.17. The van der Waals surface area contributed by atoms with Crippen molar-refractivity contribution in [2.45, 2.75) is 13.1 Å². The lowest BCUT2D eigenvalue weighted by Gasteiger charge is -2.10. The first-order valence-electron chi connectivity index (χ1n) is 6.33. The zero-order chi connectivity index (χ0) is 14.5. The minimum absolute atomic E-state index is 0.355. The molecule has 2 aromatic rings. The van der Waals surface area contributed by atoms with Crippen molar-refractivity contribution in [3.8, 4) is 0 Å². The van der Waals surface area contributed by atoms with Gasteiger partial charge in [0.1, 0.15) is 0 Å². The predicted molar refractivity (Wildman–Crippen MR) is 82.4 cm³/mol. The molecule has 1 aromatic carbocycles. The summed E-state index contributed by atoms with van der Waals surface area (Å²) in [6, 6.07) is 9.99. The van der Waals surface area contributed by atoms with Crippen LogP contribution in [0, 0.1) is 0 Å². The second-order valence-electron chi connectivity index (χ2n) is 4.90. The molecule has 0 saturated heterocycles. The standard InChI is InChI=1S/C15H18N2O2S/c1-17(2)9-11-3-5-13(6-4-11)16-8-14-7-12(10-20-14)15(18)19/h3-7,10,16H,8-9H2,1-2H3,(H,18,19). The van der Waals surface area contributed by atoms with Gasteiger partial charge in [0.05, 0.1) is 5.56 Å². The van der Waals surface area contributed by atoms with Crippen molar-refractivity contribution in [2.75, 3.05) is 19.4 Å². The molecule has 0 saturated carbocycles. The van der Waals surface area contributed by atoms with Crippen molar-refractivity contribution in [1.82, 2.24) is 4.90 Å². The summed E-state index contributed by atoms with van der Waals surface area (Å²) in [6.07, 6.45) is 0. The van der Waals surface area contributed by atoms with Gasteiger partial charge in [0, 0.05) is 29.0 Å². The molecule has 2 rings (SSSR count). The molecule has 0 spiro atoms. The van der Waals surface area contributed by atoms with Gasteiger partial charge in [-0.1, -0.05) is 12.1 Å². The minimum Gasteiger partial charge on any atom is -0.478 e. The molecule has 20 heavy (non-hydrogen) atoms. The van der Waals surface area contributed by atoms with Crippen molar-refractivity contribution in [3.63, 3.8) is 0 Å². The van der Waals surface area contributed by atoms with Crippen LogP contribution in [-0.4, -0.2) is 30.1 Å². The summed E-state index contributed by atoms with van der Waals surface area (Å²) in [4.78, 5) is 13.9. The summed E-state index contributed by atoms with van der Waals surface area (Å²) in [5.41, 5.74) is 2.66. The van der Waals surface area contributed by atoms with E-state index >= 15 is 0 Å². The summed E-state index contributed by atoms with van der Waals surface area (Å²) in [6.45, 7) is 1.57. The van der Waals surface area contributed by atoms with Crippen molar-refractivity contribution < 1.29 is 9.90 Å². The van der Waals surface area contributed by atoms with Crippen LogP contribution < -0.4 is 5.32 Å². The zero-order valence-electron chi connectivity index (χ0n) is 11.6. The Balaban J connectivity index is 1.91. The maximum Gasteiger partial charge on any atom is 0.336 e. The molecule has 0 fully saturated rings. The molecule has 0 radical (unpaired) electrons. The number of nitrogens with zero attached hydrogens (tertiary/aromatic N) is 1. The van der Waals surface area contributed by atoms with Crippen LogP contribution >= 0.6 is 11.3 Å². The summed E-state index contributed by atoms with van der Waals surface area (Å²) in [7, 11) is 4.09. The molecule has 5 heteroatoms. The Morgan fingerprint density at radius 3 is 2.55 bits per heavy atom. The van der Waals surface area contributed by atoms with Gasteiger partial charge in [-0.3, -0.25) is 0 Å². The van der Waals surface area contributed by atoms with E-state index in [1.807, 2.05) is 26.2 Å². The third-order valence-electron chi connectivity index (χ3n) is 2.82. The van der Waals surface area contributed by atoms with Gasteiger partial charge in [-0.05, 0) is 37.9 Å². The molecular formula is C15H18N2O2S. The number of carbonyl (C=O) groups is 1. The van der Waals surface area contributed by atoms with Crippen LogP contribution in [0.2, 0.25) is 0 Å². The molecule has 0 atom stereocenters. The summed E-state index contributed by atoms with van der Waals surface area (Å²) < 4.78 is 0. The topological polar surface area (TPSA) is 52.6 Å². The fourth-order valence-electron chi connectivity index (χ4n) is 1.87. The molecule has 0 aliphatic carbocycles. The van der Waals surface area contributed by atoms with E-state index in [9.17, 15) is 4.79 Å². The van der Waals surface area contributed by atoms with E-state index < -0.39 is 5.97 Å². The van der Waals surface area contributed by atoms with Crippen LogP contribution in [0.5, 0.6) is 0 Å². The highest BCUT2D eigenvalue weighted by molar-refractivity contribution is 7.10. The lowest BCUT2D eigenvalue weighted by molar-refractivity contribution is 0.0697. The minimum atomic E-state index is -0.875. The van der Waals surface area contributed by atoms with E-state index in [4.69, 9.17) is 5.11 Å². The Hall–Kier alpha value is -1.85. The average Bonchev–Trinajstić information content (AvgIpc) is 2.86. The monoisotopic (exact) mass is 290 g/mol. The number of anilines is 1. The van der Waals surface area contributed by atoms with Crippen LogP contribution in [0.4, 0.5) is 5.69 Å². The Morgan fingerprint density at radius 1 is 1.30 bits per heavy atom. The van der Waals surface area contributed by atoms with Crippen molar-refractivity contribution in [3.05, 3.63) is 51.7 Å². The van der Waals surface area contributed by atoms with E-state index in [0.717, 1.165) is 17.1 Å². The largest absolute Gasteiger partial charge is 0.478 e. The fourth-order valence-corrected chi connectivity index (χ4v) is 2.67. The first kappa shape index (κ1) is 14.6. The normalized spacial score (nSPS) is 10.8. The second-order valence-corrected chi connectivity index (χ2v) is 5.89. The molecule has 2 N–H and O–H groups in total. The van der Waals surface area contributed by atoms with E-state index in [1.54, 1.807) is 11.4 Å². The molecule has 0 aliphatic rings. The molecule has 0 bridgehead atoms. The molecule has 0 unspecified atom stereocenters. The Labute approximate surface area is 122 Å². The van der Waals surface area contributed by atoms with Gasteiger partial charge in [-0.2, -0.15) is 0 Å². The smallest absolute Gasteiger partial charge is 0.336 e. The maximum atomic E-state index is 10.8. The Morgan fingerprint density at radius 2 is 2.00 bits per heavy atom. The molecule has 4 nitrogen and oxygen atoms in total. The SMILES string of the molecule is CN(C)Cc1ccc(NCc2cc(C(=O)O)cs2)cc1. The lowest BCUT2D eigenvalue weighted by atomic mass is 10.2. The lowest BCUT2D eigenvalue weighted by Crippen LogP contribution is -2.10. The van der Waals surface area contributed by atoms with E-state index in [2.05, 4.69) is 22.3 Å². The first-order valence-corrected chi connectivity index (χ1v) is 7.21. The number of thiophene rings is 1. The van der Waals surface area contributed by atoms with Crippen LogP contribution in [-0.2, 0) is 13.1 Å². The second kappa shape index (κ2) is 6.54. The van der Waals surface area contributed by atoms with Gasteiger partial charge in [0.2, 0.25) is 0 Å². The number of hydrogen-bond acceptors (Lipinski definition) is 4. The number of aromatic carboxylic acids is 1. The van der Waals surface area contributed by atoms with Crippen LogP contribution in [0.15, 0.2) is 35.7 Å². The van der Waals surface area contributed by atoms with Crippen LogP contribution in [0.1, 0.15) is 20.8 Å². The average molecular weight is 290 g/mol. The van der Waals surface area contributed by atoms with Crippen LogP contribution in [0.25, 0.3) is 0 Å². The van der Waals surface area contributed by atoms with Gasteiger partial charge in [-0.15, -0.1) is 11.3 Å². The molecule has 1 aromatic heterocycles. The van der Waals surface area contributed by atoms with E-state index in [-0.39, 0.29) is 0 Å². The molecule has 0 aliphatic heterocycles. The highest BCUT2D eigenvalue weighted by atomic mass is 32.1. The summed E-state index contributed by atoms with van der Waals surface area (Å²) in [5, 5.41) is 13.8. The summed E-state index contributed by atoms with van der Waals surface area (Å²) >= 11 is 1.46. The van der Waals surface area contributed by atoms with E-state index in [1.165, 1.54) is 16.9 Å². The van der Waals surface area contributed by atoms with Gasteiger partial charge in [-0.25, -0.2) is 4.79 Å². The third-order valence-corrected chi connectivity index (χ3v) is 3.76. The highest BCUT2D eigenvalue weighted by Gasteiger charge is 2.06. The quantitative estimate of drug-likeness (QED) is 0.858. The number of hydrogen-bond donors (Lipinski definition) is 2. The zero-order valence-corrected chi connectivity index (χ0v) is 12.4. The number of carboxylic acid groups (broad SMARTS) is 1. The van der Waals surface area contributed by atoms with Gasteiger partial charge in [0.15, 0.2) is 0 Å². The van der Waals surface area contributed by atoms with Crippen molar-refractivity contribution >= 4 is 23.0 Å². The van der Waals surface area contributed by atoms with Gasteiger partial charge >= 0.3 is 5.97 Å². The van der Waals surface area contributed by atoms with Crippen molar-refractivity contribution in [1.29, 1.82) is 0 Å². The Kier molecular flexibility index (Phi) is 4.76. The molecule has 1 heterocycles. The molecule has 106 valence electrons. The molecule has 0 amide bonds. The maximum absolute atomic E-state index is 10.8. The number of benzene rings is 1. The van der Waals surface area contributed by atoms with E-state index in [0.29, 0.717) is 12.1 Å². The fraction of sp³-hybridized carbons (Fsp3) is 0.267. The predicted octanol–water partition coefficient (Wildman–Crippen LogP) is 3.12. The number of rotatable bonds is 6.